The molecule has 0 spiro atoms. The minimum absolute atomic E-state index is 0.0371. The Kier molecular flexibility index (Phi) is 7.51. The lowest BCUT2D eigenvalue weighted by Gasteiger charge is -2.28. The first-order valence-electron chi connectivity index (χ1n) is 14.0. The van der Waals surface area contributed by atoms with Gasteiger partial charge < -0.3 is 10.6 Å². The van der Waals surface area contributed by atoms with Crippen LogP contribution >= 0.6 is 11.6 Å². The molecule has 1 unspecified atom stereocenters. The summed E-state index contributed by atoms with van der Waals surface area (Å²) in [5, 5.41) is 25.6. The second-order valence-electron chi connectivity index (χ2n) is 11.7. The number of nitrogens with one attached hydrogen (secondary N) is 2. The maximum Gasteiger partial charge on any atom is 0.395 e. The number of pyridine rings is 2. The fourth-order valence-corrected chi connectivity index (χ4v) is 5.45. The summed E-state index contributed by atoms with van der Waals surface area (Å²) in [4.78, 5) is 8.72. The minimum Gasteiger partial charge on any atom is -0.382 e. The van der Waals surface area contributed by atoms with E-state index in [4.69, 9.17) is 11.6 Å². The second kappa shape index (κ2) is 11.1. The Morgan fingerprint density at radius 1 is 1.09 bits per heavy atom. The Balaban J connectivity index is 1.46. The van der Waals surface area contributed by atoms with Crippen LogP contribution in [-0.2, 0) is 5.54 Å². The molecule has 3 aromatic heterocycles. The highest BCUT2D eigenvalue weighted by Gasteiger charge is 2.54. The summed E-state index contributed by atoms with van der Waals surface area (Å²) in [6.07, 6.45) is -2.15. The van der Waals surface area contributed by atoms with Gasteiger partial charge in [0.05, 0.1) is 45.0 Å². The number of aromatic nitrogens is 5. The Bertz CT molecular complexity index is 1940. The normalized spacial score (nSPS) is 15.3. The molecule has 2 aromatic carbocycles. The molecule has 45 heavy (non-hydrogen) atoms. The van der Waals surface area contributed by atoms with Gasteiger partial charge in [-0.2, -0.15) is 18.4 Å². The van der Waals surface area contributed by atoms with Gasteiger partial charge in [0.25, 0.3) is 6.43 Å². The largest absolute Gasteiger partial charge is 0.395 e. The van der Waals surface area contributed by atoms with E-state index in [1.165, 1.54) is 17.1 Å². The first-order valence-corrected chi connectivity index (χ1v) is 14.4. The van der Waals surface area contributed by atoms with Crippen molar-refractivity contribution < 1.29 is 22.0 Å². The molecule has 232 valence electrons. The molecule has 0 bridgehead atoms. The molecule has 0 aliphatic heterocycles. The number of benzene rings is 2. The molecule has 0 amide bonds. The van der Waals surface area contributed by atoms with Crippen molar-refractivity contribution in [1.29, 1.82) is 5.26 Å². The maximum absolute atomic E-state index is 13.9. The summed E-state index contributed by atoms with van der Waals surface area (Å²) in [5.74, 6) is 0. The number of hydrogen-bond donors (Lipinski definition) is 2. The van der Waals surface area contributed by atoms with E-state index in [2.05, 4.69) is 30.9 Å². The van der Waals surface area contributed by atoms with Gasteiger partial charge >= 0.3 is 6.18 Å². The molecule has 2 N–H and O–H groups in total. The van der Waals surface area contributed by atoms with Crippen LogP contribution in [-0.4, -0.2) is 44.1 Å². The van der Waals surface area contributed by atoms with Crippen LogP contribution in [0.15, 0.2) is 61.1 Å². The first-order chi connectivity index (χ1) is 21.3. The third-order valence-corrected chi connectivity index (χ3v) is 8.54. The molecule has 1 atom stereocenters. The third-order valence-electron chi connectivity index (χ3n) is 8.25. The number of hydrogen-bond acceptors (Lipinski definition) is 7. The summed E-state index contributed by atoms with van der Waals surface area (Å²) >= 11 is 6.65. The van der Waals surface area contributed by atoms with E-state index in [1.54, 1.807) is 24.4 Å². The van der Waals surface area contributed by atoms with Crippen molar-refractivity contribution in [3.05, 3.63) is 82.9 Å². The highest BCUT2D eigenvalue weighted by atomic mass is 35.5. The van der Waals surface area contributed by atoms with Crippen molar-refractivity contribution in [3.63, 3.8) is 0 Å². The summed E-state index contributed by atoms with van der Waals surface area (Å²) in [7, 11) is 0. The van der Waals surface area contributed by atoms with Crippen molar-refractivity contribution in [2.24, 2.45) is 5.41 Å². The average Bonchev–Trinajstić information content (AvgIpc) is 3.68. The Morgan fingerprint density at radius 3 is 2.56 bits per heavy atom. The standard InChI is InChI=1S/C31H26ClF5N8/c1-29(2,31(35,36)37)16-41-25-17(13-38)14-40-26-21(25)11-18(12-22(26)32)42-27(20-5-3-7-23-19(20)6-4-10-39-23)24-15-45(44-43-24)30(8-9-30)28(33)34/h3-7,10-12,14-15,27-28,42H,8-9,16H2,1-2H3,(H,40,41). The highest BCUT2D eigenvalue weighted by Crippen LogP contribution is 2.48. The van der Waals surface area contributed by atoms with E-state index >= 15 is 0 Å². The third kappa shape index (κ3) is 5.48. The van der Waals surface area contributed by atoms with Gasteiger partial charge in [0.15, 0.2) is 0 Å². The Labute approximate surface area is 259 Å². The predicted molar refractivity (Wildman–Crippen MR) is 160 cm³/mol. The molecule has 0 saturated heterocycles. The molecule has 3 heterocycles. The Hall–Kier alpha value is -4.57. The maximum atomic E-state index is 13.9. The zero-order chi connectivity index (χ0) is 32.1. The van der Waals surface area contributed by atoms with E-state index < -0.39 is 36.1 Å². The second-order valence-corrected chi connectivity index (χ2v) is 12.1. The average molecular weight is 641 g/mol. The predicted octanol–water partition coefficient (Wildman–Crippen LogP) is 7.86. The van der Waals surface area contributed by atoms with Crippen LogP contribution in [0.3, 0.4) is 0 Å². The van der Waals surface area contributed by atoms with Crippen LogP contribution in [0, 0.1) is 16.7 Å². The lowest BCUT2D eigenvalue weighted by molar-refractivity contribution is -0.206. The fourth-order valence-electron chi connectivity index (χ4n) is 5.19. The van der Waals surface area contributed by atoms with Crippen LogP contribution in [0.25, 0.3) is 21.8 Å². The van der Waals surface area contributed by atoms with Crippen LogP contribution in [0.1, 0.15) is 49.6 Å². The van der Waals surface area contributed by atoms with Crippen LogP contribution in [0.2, 0.25) is 5.02 Å². The topological polar surface area (TPSA) is 104 Å². The summed E-state index contributed by atoms with van der Waals surface area (Å²) in [5.41, 5.74) is -0.860. The number of anilines is 2. The van der Waals surface area contributed by atoms with E-state index in [0.717, 1.165) is 24.8 Å². The van der Waals surface area contributed by atoms with Crippen molar-refractivity contribution in [2.45, 2.75) is 50.9 Å². The number of nitriles is 1. The van der Waals surface area contributed by atoms with Crippen LogP contribution in [0.5, 0.6) is 0 Å². The van der Waals surface area contributed by atoms with Crippen molar-refractivity contribution in [3.8, 4) is 6.07 Å². The SMILES string of the molecule is CC(C)(CNc1c(C#N)cnc2c(Cl)cc(NC(c3cn(C4(C(F)F)CC4)nn3)c3cccc4ncccc34)cc12)C(F)(F)F. The van der Waals surface area contributed by atoms with Gasteiger partial charge in [0, 0.05) is 35.4 Å². The zero-order valence-corrected chi connectivity index (χ0v) is 24.8. The Morgan fingerprint density at radius 2 is 1.87 bits per heavy atom. The molecule has 1 saturated carbocycles. The molecule has 6 rings (SSSR count). The molecule has 1 aliphatic carbocycles. The lowest BCUT2D eigenvalue weighted by Crippen LogP contribution is -2.38. The number of rotatable bonds is 9. The summed E-state index contributed by atoms with van der Waals surface area (Å²) < 4.78 is 70.0. The van der Waals surface area contributed by atoms with Gasteiger partial charge in [-0.3, -0.25) is 9.97 Å². The molecular weight excluding hydrogens is 615 g/mol. The minimum atomic E-state index is -4.50. The lowest BCUT2D eigenvalue weighted by atomic mass is 9.92. The number of alkyl halides is 5. The van der Waals surface area contributed by atoms with Crippen LogP contribution in [0.4, 0.5) is 33.3 Å². The molecule has 1 fully saturated rings. The molecule has 5 aromatic rings. The van der Waals surface area contributed by atoms with E-state index in [1.807, 2.05) is 30.3 Å². The van der Waals surface area contributed by atoms with Gasteiger partial charge in [-0.15, -0.1) is 5.10 Å². The highest BCUT2D eigenvalue weighted by molar-refractivity contribution is 6.35. The van der Waals surface area contributed by atoms with Crippen molar-refractivity contribution in [2.75, 3.05) is 17.2 Å². The zero-order valence-electron chi connectivity index (χ0n) is 24.0. The molecule has 1 aliphatic rings. The smallest absolute Gasteiger partial charge is 0.382 e. The van der Waals surface area contributed by atoms with Gasteiger partial charge in [0.1, 0.15) is 17.3 Å². The monoisotopic (exact) mass is 640 g/mol. The number of halogens is 6. The van der Waals surface area contributed by atoms with Crippen LogP contribution < -0.4 is 10.6 Å². The number of nitrogens with zero attached hydrogens (tertiary/aromatic N) is 6. The molecule has 0 radical (unpaired) electrons. The quantitative estimate of drug-likeness (QED) is 0.158. The molecule has 8 nitrogen and oxygen atoms in total. The van der Waals surface area contributed by atoms with Crippen molar-refractivity contribution in [1.82, 2.24) is 25.0 Å². The summed E-state index contributed by atoms with van der Waals surface area (Å²) in [6.45, 7) is 1.61. The van der Waals surface area contributed by atoms with Gasteiger partial charge in [-0.05, 0) is 56.5 Å². The molecular formula is C31H26ClF5N8. The van der Waals surface area contributed by atoms with Gasteiger partial charge in [0.2, 0.25) is 0 Å². The van der Waals surface area contributed by atoms with E-state index in [-0.39, 0.29) is 34.6 Å². The summed E-state index contributed by atoms with van der Waals surface area (Å²) in [6, 6.07) is 13.6. The fraction of sp³-hybridized carbons (Fsp3) is 0.323. The van der Waals surface area contributed by atoms with E-state index in [0.29, 0.717) is 22.3 Å². The number of fused-ring (bicyclic) bond motifs is 2. The molecule has 14 heteroatoms. The van der Waals surface area contributed by atoms with E-state index in [9.17, 15) is 27.2 Å². The van der Waals surface area contributed by atoms with Gasteiger partial charge in [-0.1, -0.05) is 35.0 Å². The van der Waals surface area contributed by atoms with Gasteiger partial charge in [-0.25, -0.2) is 13.5 Å². The van der Waals surface area contributed by atoms with Crippen molar-refractivity contribution >= 4 is 44.8 Å². The first kappa shape index (κ1) is 30.5.